The summed E-state index contributed by atoms with van der Waals surface area (Å²) in [5, 5.41) is 0.675. The number of methoxy groups -OCH3 is 1. The van der Waals surface area contributed by atoms with Gasteiger partial charge in [-0.2, -0.15) is 0 Å². The quantitative estimate of drug-likeness (QED) is 0.438. The van der Waals surface area contributed by atoms with Crippen molar-refractivity contribution in [1.29, 1.82) is 0 Å². The van der Waals surface area contributed by atoms with Crippen LogP contribution in [0.25, 0.3) is 11.0 Å². The smallest absolute Gasteiger partial charge is 0.337 e. The van der Waals surface area contributed by atoms with E-state index in [1.807, 2.05) is 36.4 Å². The van der Waals surface area contributed by atoms with Crippen LogP contribution in [0.5, 0.6) is 5.75 Å². The van der Waals surface area contributed by atoms with E-state index in [1.165, 1.54) is 39.5 Å². The summed E-state index contributed by atoms with van der Waals surface area (Å²) in [6.45, 7) is 3.55. The van der Waals surface area contributed by atoms with Crippen LogP contribution in [0.1, 0.15) is 41.9 Å². The lowest BCUT2D eigenvalue weighted by Crippen LogP contribution is -2.30. The molecule has 32 heavy (non-hydrogen) atoms. The minimum atomic E-state index is -0.343. The van der Waals surface area contributed by atoms with E-state index in [9.17, 15) is 4.79 Å². The summed E-state index contributed by atoms with van der Waals surface area (Å²) < 4.78 is 13.1. The number of carbonyl (C=O) groups excluding carboxylic acids is 1. The maximum atomic E-state index is 12.1. The first-order valence-electron chi connectivity index (χ1n) is 11.2. The Morgan fingerprint density at radius 2 is 1.91 bits per heavy atom. The van der Waals surface area contributed by atoms with E-state index >= 15 is 0 Å². The van der Waals surface area contributed by atoms with E-state index in [2.05, 4.69) is 16.5 Å². The fourth-order valence-corrected chi connectivity index (χ4v) is 4.47. The standard InChI is InChI=1S/C25H30ClN3O3/c1-28-14-11-18(12-15-28)4-3-13-29-23-16-19(25(30)31-2)5-10-22(23)27-24(29)17-32-21-8-6-20(26)7-9-21/h5-10,16,18H,3-4,11-15,17H2,1-2H3. The highest BCUT2D eigenvalue weighted by Gasteiger charge is 2.18. The Morgan fingerprint density at radius 1 is 1.16 bits per heavy atom. The van der Waals surface area contributed by atoms with Gasteiger partial charge in [-0.1, -0.05) is 11.6 Å². The van der Waals surface area contributed by atoms with E-state index in [1.54, 1.807) is 6.07 Å². The van der Waals surface area contributed by atoms with Gasteiger partial charge < -0.3 is 18.9 Å². The number of ether oxygens (including phenoxy) is 2. The molecule has 1 aliphatic heterocycles. The first-order valence-corrected chi connectivity index (χ1v) is 11.6. The Morgan fingerprint density at radius 3 is 2.62 bits per heavy atom. The van der Waals surface area contributed by atoms with Gasteiger partial charge >= 0.3 is 5.97 Å². The molecular formula is C25H30ClN3O3. The number of carbonyl (C=O) groups is 1. The predicted molar refractivity (Wildman–Crippen MR) is 126 cm³/mol. The van der Waals surface area contributed by atoms with Crippen LogP contribution >= 0.6 is 11.6 Å². The summed E-state index contributed by atoms with van der Waals surface area (Å²) >= 11 is 5.98. The number of benzene rings is 2. The molecule has 0 saturated carbocycles. The van der Waals surface area contributed by atoms with Crippen molar-refractivity contribution in [3.05, 3.63) is 58.9 Å². The van der Waals surface area contributed by atoms with Crippen molar-refractivity contribution in [2.75, 3.05) is 27.2 Å². The molecule has 1 fully saturated rings. The molecular weight excluding hydrogens is 426 g/mol. The molecule has 0 N–H and O–H groups in total. The summed E-state index contributed by atoms with van der Waals surface area (Å²) in [6.07, 6.45) is 4.79. The van der Waals surface area contributed by atoms with Crippen LogP contribution in [-0.4, -0.2) is 47.7 Å². The van der Waals surface area contributed by atoms with E-state index in [-0.39, 0.29) is 5.97 Å². The second-order valence-electron chi connectivity index (χ2n) is 8.51. The van der Waals surface area contributed by atoms with Gasteiger partial charge in [-0.05, 0) is 94.2 Å². The number of halogens is 1. The Labute approximate surface area is 194 Å². The van der Waals surface area contributed by atoms with Gasteiger partial charge in [0.15, 0.2) is 0 Å². The highest BCUT2D eigenvalue weighted by molar-refractivity contribution is 6.30. The molecule has 0 spiro atoms. The van der Waals surface area contributed by atoms with Crippen LogP contribution in [0.2, 0.25) is 5.02 Å². The van der Waals surface area contributed by atoms with E-state index in [0.29, 0.717) is 17.2 Å². The number of likely N-dealkylation sites (tertiary alicyclic amines) is 1. The molecule has 0 radical (unpaired) electrons. The summed E-state index contributed by atoms with van der Waals surface area (Å²) in [4.78, 5) is 19.3. The monoisotopic (exact) mass is 455 g/mol. The zero-order valence-corrected chi connectivity index (χ0v) is 19.5. The molecule has 0 unspecified atom stereocenters. The van der Waals surface area contributed by atoms with Gasteiger partial charge in [-0.15, -0.1) is 0 Å². The number of aryl methyl sites for hydroxylation is 1. The Balaban J connectivity index is 1.53. The van der Waals surface area contributed by atoms with Crippen LogP contribution < -0.4 is 4.74 Å². The third-order valence-electron chi connectivity index (χ3n) is 6.26. The topological polar surface area (TPSA) is 56.6 Å². The van der Waals surface area contributed by atoms with Gasteiger partial charge in [0.2, 0.25) is 0 Å². The molecule has 2 aromatic carbocycles. The molecule has 0 aliphatic carbocycles. The fourth-order valence-electron chi connectivity index (χ4n) is 4.34. The summed E-state index contributed by atoms with van der Waals surface area (Å²) in [7, 11) is 3.59. The van der Waals surface area contributed by atoms with Crippen LogP contribution in [0, 0.1) is 5.92 Å². The van der Waals surface area contributed by atoms with Crippen molar-refractivity contribution in [2.45, 2.75) is 38.8 Å². The van der Waals surface area contributed by atoms with Gasteiger partial charge in [0.1, 0.15) is 18.2 Å². The number of imidazole rings is 1. The third-order valence-corrected chi connectivity index (χ3v) is 6.51. The highest BCUT2D eigenvalue weighted by atomic mass is 35.5. The molecule has 3 aromatic rings. The van der Waals surface area contributed by atoms with Crippen molar-refractivity contribution in [1.82, 2.24) is 14.5 Å². The second kappa shape index (κ2) is 10.4. The largest absolute Gasteiger partial charge is 0.486 e. The van der Waals surface area contributed by atoms with Gasteiger partial charge in [0.25, 0.3) is 0 Å². The van der Waals surface area contributed by atoms with Gasteiger partial charge in [-0.3, -0.25) is 0 Å². The van der Waals surface area contributed by atoms with Crippen LogP contribution in [0.4, 0.5) is 0 Å². The van der Waals surface area contributed by atoms with Crippen molar-refractivity contribution < 1.29 is 14.3 Å². The van der Waals surface area contributed by atoms with E-state index in [0.717, 1.165) is 41.5 Å². The molecule has 4 rings (SSSR count). The number of esters is 1. The Bertz CT molecular complexity index is 1060. The SMILES string of the molecule is COC(=O)c1ccc2nc(COc3ccc(Cl)cc3)n(CCCC3CCN(C)CC3)c2c1. The Hall–Kier alpha value is -2.57. The molecule has 6 nitrogen and oxygen atoms in total. The molecule has 1 saturated heterocycles. The van der Waals surface area contributed by atoms with Crippen LogP contribution in [-0.2, 0) is 17.9 Å². The number of rotatable bonds is 8. The van der Waals surface area contributed by atoms with Crippen molar-refractivity contribution in [3.8, 4) is 5.75 Å². The maximum Gasteiger partial charge on any atom is 0.337 e. The number of nitrogens with zero attached hydrogens (tertiary/aromatic N) is 3. The number of aromatic nitrogens is 2. The Kier molecular flexibility index (Phi) is 7.33. The molecule has 1 aliphatic rings. The van der Waals surface area contributed by atoms with Crippen LogP contribution in [0.15, 0.2) is 42.5 Å². The number of hydrogen-bond acceptors (Lipinski definition) is 5. The highest BCUT2D eigenvalue weighted by Crippen LogP contribution is 2.25. The minimum absolute atomic E-state index is 0.343. The molecule has 2 heterocycles. The first kappa shape index (κ1) is 22.6. The van der Waals surface area contributed by atoms with E-state index in [4.69, 9.17) is 26.1 Å². The molecule has 0 amide bonds. The zero-order chi connectivity index (χ0) is 22.5. The molecule has 0 atom stereocenters. The first-order chi connectivity index (χ1) is 15.5. The van der Waals surface area contributed by atoms with Gasteiger partial charge in [-0.25, -0.2) is 9.78 Å². The average molecular weight is 456 g/mol. The second-order valence-corrected chi connectivity index (χ2v) is 8.94. The minimum Gasteiger partial charge on any atom is -0.486 e. The number of hydrogen-bond donors (Lipinski definition) is 0. The zero-order valence-electron chi connectivity index (χ0n) is 18.7. The molecule has 7 heteroatoms. The van der Waals surface area contributed by atoms with E-state index < -0.39 is 0 Å². The van der Waals surface area contributed by atoms with Gasteiger partial charge in [0.05, 0.1) is 23.7 Å². The van der Waals surface area contributed by atoms with Crippen molar-refractivity contribution >= 4 is 28.6 Å². The summed E-state index contributed by atoms with van der Waals surface area (Å²) in [6, 6.07) is 12.8. The third kappa shape index (κ3) is 5.43. The molecule has 0 bridgehead atoms. The summed E-state index contributed by atoms with van der Waals surface area (Å²) in [5.74, 6) is 2.03. The average Bonchev–Trinajstić information content (AvgIpc) is 3.16. The van der Waals surface area contributed by atoms with Crippen molar-refractivity contribution in [3.63, 3.8) is 0 Å². The maximum absolute atomic E-state index is 12.1. The number of piperidine rings is 1. The van der Waals surface area contributed by atoms with Crippen molar-refractivity contribution in [2.24, 2.45) is 5.92 Å². The normalized spacial score (nSPS) is 15.2. The number of fused-ring (bicyclic) bond motifs is 1. The molecule has 1 aromatic heterocycles. The lowest BCUT2D eigenvalue weighted by molar-refractivity contribution is 0.0601. The van der Waals surface area contributed by atoms with Gasteiger partial charge in [0, 0.05) is 11.6 Å². The predicted octanol–water partition coefficient (Wildman–Crippen LogP) is 5.18. The van der Waals surface area contributed by atoms with Crippen LogP contribution in [0.3, 0.4) is 0 Å². The summed E-state index contributed by atoms with van der Waals surface area (Å²) in [5.41, 5.74) is 2.32. The lowest BCUT2D eigenvalue weighted by atomic mass is 9.92. The lowest BCUT2D eigenvalue weighted by Gasteiger charge is -2.29. The molecule has 170 valence electrons. The fraction of sp³-hybridized carbons (Fsp3) is 0.440.